The molecule has 1 aliphatic heterocycles. The van der Waals surface area contributed by atoms with Crippen LogP contribution in [0, 0.1) is 0 Å². The summed E-state index contributed by atoms with van der Waals surface area (Å²) in [5, 5.41) is 3.44. The van der Waals surface area contributed by atoms with Crippen LogP contribution in [0.15, 0.2) is 23.0 Å². The van der Waals surface area contributed by atoms with Crippen LogP contribution < -0.4 is 5.32 Å². The van der Waals surface area contributed by atoms with E-state index in [0.717, 1.165) is 31.6 Å². The van der Waals surface area contributed by atoms with Gasteiger partial charge in [0.15, 0.2) is 0 Å². The number of likely N-dealkylation sites (tertiary alicyclic amines) is 1. The van der Waals surface area contributed by atoms with E-state index in [1.54, 1.807) is 12.5 Å². The zero-order valence-electron chi connectivity index (χ0n) is 9.61. The van der Waals surface area contributed by atoms with E-state index < -0.39 is 0 Å². The Morgan fingerprint density at radius 2 is 2.56 bits per heavy atom. The van der Waals surface area contributed by atoms with Gasteiger partial charge in [-0.3, -0.25) is 4.79 Å². The van der Waals surface area contributed by atoms with Crippen LogP contribution in [0.1, 0.15) is 25.3 Å². The number of nitrogens with zero attached hydrogens (tertiary/aromatic N) is 1. The highest BCUT2D eigenvalue weighted by Crippen LogP contribution is 2.11. The molecule has 1 N–H and O–H groups in total. The standard InChI is InChI=1S/C12H18N2O2/c1-2-12(15)14-5-3-11(8-14)13-7-10-4-6-16-9-10/h4,6,9,11,13H,2-3,5,7-8H2,1H3. The Bertz CT molecular complexity index is 335. The van der Waals surface area contributed by atoms with Crippen LogP contribution in [0.4, 0.5) is 0 Å². The number of hydrogen-bond donors (Lipinski definition) is 1. The number of furan rings is 1. The van der Waals surface area contributed by atoms with E-state index >= 15 is 0 Å². The van der Waals surface area contributed by atoms with Gasteiger partial charge in [0, 0.05) is 37.7 Å². The minimum atomic E-state index is 0.257. The second-order valence-electron chi connectivity index (χ2n) is 4.19. The Morgan fingerprint density at radius 1 is 1.69 bits per heavy atom. The third-order valence-corrected chi connectivity index (χ3v) is 3.02. The lowest BCUT2D eigenvalue weighted by Gasteiger charge is -2.15. The molecule has 1 atom stereocenters. The summed E-state index contributed by atoms with van der Waals surface area (Å²) in [4.78, 5) is 13.4. The molecule has 0 aliphatic carbocycles. The van der Waals surface area contributed by atoms with Crippen molar-refractivity contribution in [2.75, 3.05) is 13.1 Å². The molecule has 0 radical (unpaired) electrons. The third kappa shape index (κ3) is 2.64. The summed E-state index contributed by atoms with van der Waals surface area (Å²) in [5.74, 6) is 0.257. The topological polar surface area (TPSA) is 45.5 Å². The Kier molecular flexibility index (Phi) is 3.62. The van der Waals surface area contributed by atoms with E-state index in [2.05, 4.69) is 5.32 Å². The predicted octanol–water partition coefficient (Wildman–Crippen LogP) is 1.38. The van der Waals surface area contributed by atoms with Gasteiger partial charge in [-0.05, 0) is 12.5 Å². The Balaban J connectivity index is 1.75. The van der Waals surface area contributed by atoms with Gasteiger partial charge in [-0.1, -0.05) is 6.92 Å². The van der Waals surface area contributed by atoms with Crippen LogP contribution >= 0.6 is 0 Å². The Labute approximate surface area is 95.6 Å². The van der Waals surface area contributed by atoms with Gasteiger partial charge in [-0.2, -0.15) is 0 Å². The Morgan fingerprint density at radius 3 is 3.25 bits per heavy atom. The quantitative estimate of drug-likeness (QED) is 0.837. The molecule has 1 unspecified atom stereocenters. The molecule has 1 amide bonds. The molecular weight excluding hydrogens is 204 g/mol. The summed E-state index contributed by atoms with van der Waals surface area (Å²) < 4.78 is 5.00. The van der Waals surface area contributed by atoms with Gasteiger partial charge in [-0.25, -0.2) is 0 Å². The first-order valence-corrected chi connectivity index (χ1v) is 5.82. The van der Waals surface area contributed by atoms with Crippen molar-refractivity contribution >= 4 is 5.91 Å². The molecule has 4 nitrogen and oxygen atoms in total. The summed E-state index contributed by atoms with van der Waals surface area (Å²) >= 11 is 0. The van der Waals surface area contributed by atoms with E-state index in [1.165, 1.54) is 0 Å². The van der Waals surface area contributed by atoms with Gasteiger partial charge in [0.05, 0.1) is 12.5 Å². The lowest BCUT2D eigenvalue weighted by atomic mass is 10.2. The Hall–Kier alpha value is -1.29. The van der Waals surface area contributed by atoms with Crippen LogP contribution in [0.25, 0.3) is 0 Å². The SMILES string of the molecule is CCC(=O)N1CCC(NCc2ccoc2)C1. The molecule has 0 bridgehead atoms. The van der Waals surface area contributed by atoms with Crippen molar-refractivity contribution in [1.82, 2.24) is 10.2 Å². The summed E-state index contributed by atoms with van der Waals surface area (Å²) in [6, 6.07) is 2.38. The lowest BCUT2D eigenvalue weighted by molar-refractivity contribution is -0.129. The molecule has 1 aliphatic rings. The molecule has 16 heavy (non-hydrogen) atoms. The van der Waals surface area contributed by atoms with Gasteiger partial charge in [0.2, 0.25) is 5.91 Å². The van der Waals surface area contributed by atoms with Crippen molar-refractivity contribution in [3.8, 4) is 0 Å². The summed E-state index contributed by atoms with van der Waals surface area (Å²) in [6.45, 7) is 4.45. The fourth-order valence-electron chi connectivity index (χ4n) is 2.03. The molecule has 1 fully saturated rings. The largest absolute Gasteiger partial charge is 0.472 e. The molecule has 88 valence electrons. The maximum Gasteiger partial charge on any atom is 0.222 e. The number of nitrogens with one attached hydrogen (secondary N) is 1. The zero-order valence-corrected chi connectivity index (χ0v) is 9.61. The number of amides is 1. The molecule has 1 aromatic heterocycles. The van der Waals surface area contributed by atoms with E-state index in [1.807, 2.05) is 17.9 Å². The molecule has 2 heterocycles. The molecular formula is C12H18N2O2. The smallest absolute Gasteiger partial charge is 0.222 e. The molecule has 0 aromatic carbocycles. The lowest BCUT2D eigenvalue weighted by Crippen LogP contribution is -2.34. The summed E-state index contributed by atoms with van der Waals surface area (Å²) in [5.41, 5.74) is 1.15. The van der Waals surface area contributed by atoms with Gasteiger partial charge in [0.25, 0.3) is 0 Å². The van der Waals surface area contributed by atoms with E-state index in [0.29, 0.717) is 12.5 Å². The molecule has 1 saturated heterocycles. The van der Waals surface area contributed by atoms with Crippen molar-refractivity contribution in [2.24, 2.45) is 0 Å². The normalized spacial score (nSPS) is 20.3. The number of hydrogen-bond acceptors (Lipinski definition) is 3. The van der Waals surface area contributed by atoms with Gasteiger partial charge in [-0.15, -0.1) is 0 Å². The fraction of sp³-hybridized carbons (Fsp3) is 0.583. The first-order chi connectivity index (χ1) is 7.79. The minimum Gasteiger partial charge on any atom is -0.472 e. The van der Waals surface area contributed by atoms with Crippen LogP contribution in [-0.4, -0.2) is 29.9 Å². The van der Waals surface area contributed by atoms with Crippen LogP contribution in [-0.2, 0) is 11.3 Å². The average Bonchev–Trinajstić information content (AvgIpc) is 2.96. The molecule has 2 rings (SSSR count). The molecule has 0 spiro atoms. The minimum absolute atomic E-state index is 0.257. The monoisotopic (exact) mass is 222 g/mol. The zero-order chi connectivity index (χ0) is 11.4. The maximum atomic E-state index is 11.5. The average molecular weight is 222 g/mol. The first-order valence-electron chi connectivity index (χ1n) is 5.82. The highest BCUT2D eigenvalue weighted by molar-refractivity contribution is 5.76. The predicted molar refractivity (Wildman–Crippen MR) is 60.8 cm³/mol. The van der Waals surface area contributed by atoms with E-state index in [9.17, 15) is 4.79 Å². The maximum absolute atomic E-state index is 11.5. The van der Waals surface area contributed by atoms with Crippen LogP contribution in [0.2, 0.25) is 0 Å². The second-order valence-corrected chi connectivity index (χ2v) is 4.19. The number of rotatable bonds is 4. The van der Waals surface area contributed by atoms with Crippen molar-refractivity contribution in [3.63, 3.8) is 0 Å². The van der Waals surface area contributed by atoms with Crippen molar-refractivity contribution in [1.29, 1.82) is 0 Å². The van der Waals surface area contributed by atoms with Gasteiger partial charge >= 0.3 is 0 Å². The molecule has 0 saturated carbocycles. The highest BCUT2D eigenvalue weighted by Gasteiger charge is 2.24. The van der Waals surface area contributed by atoms with E-state index in [4.69, 9.17) is 4.42 Å². The number of carbonyl (C=O) groups excluding carboxylic acids is 1. The molecule has 1 aromatic rings. The van der Waals surface area contributed by atoms with Gasteiger partial charge in [0.1, 0.15) is 0 Å². The summed E-state index contributed by atoms with van der Waals surface area (Å²) in [6.07, 6.45) is 5.08. The van der Waals surface area contributed by atoms with Crippen molar-refractivity contribution in [3.05, 3.63) is 24.2 Å². The third-order valence-electron chi connectivity index (χ3n) is 3.02. The second kappa shape index (κ2) is 5.16. The van der Waals surface area contributed by atoms with Crippen LogP contribution in [0.3, 0.4) is 0 Å². The highest BCUT2D eigenvalue weighted by atomic mass is 16.3. The van der Waals surface area contributed by atoms with E-state index in [-0.39, 0.29) is 5.91 Å². The van der Waals surface area contributed by atoms with Crippen molar-refractivity contribution in [2.45, 2.75) is 32.4 Å². The fourth-order valence-corrected chi connectivity index (χ4v) is 2.03. The van der Waals surface area contributed by atoms with Crippen molar-refractivity contribution < 1.29 is 9.21 Å². The van der Waals surface area contributed by atoms with Crippen LogP contribution in [0.5, 0.6) is 0 Å². The first kappa shape index (κ1) is 11.2. The number of carbonyl (C=O) groups is 1. The van der Waals surface area contributed by atoms with Gasteiger partial charge < -0.3 is 14.6 Å². The molecule has 4 heteroatoms. The summed E-state index contributed by atoms with van der Waals surface area (Å²) in [7, 11) is 0.